The molecule has 1 aromatic rings. The molecule has 7 heteroatoms. The molecule has 29 heavy (non-hydrogen) atoms. The summed E-state index contributed by atoms with van der Waals surface area (Å²) in [7, 11) is 0. The van der Waals surface area contributed by atoms with Crippen molar-refractivity contribution in [3.05, 3.63) is 35.4 Å². The van der Waals surface area contributed by atoms with Crippen molar-refractivity contribution in [2.75, 3.05) is 6.54 Å². The first-order chi connectivity index (χ1) is 13.5. The number of nitrogens with one attached hydrogen (secondary N) is 2. The summed E-state index contributed by atoms with van der Waals surface area (Å²) in [5.74, 6) is -0.521. The molecule has 1 fully saturated rings. The molecule has 0 heterocycles. The molecule has 3 amide bonds. The van der Waals surface area contributed by atoms with Crippen molar-refractivity contribution in [1.29, 1.82) is 0 Å². The number of alkyl carbamates (subject to hydrolysis) is 1. The summed E-state index contributed by atoms with van der Waals surface area (Å²) in [6.45, 7) is 10.8. The summed E-state index contributed by atoms with van der Waals surface area (Å²) in [4.78, 5) is 39.7. The number of nitrogens with zero attached hydrogens (tertiary/aromatic N) is 1. The number of hydrogen-bond donors (Lipinski definition) is 2. The van der Waals surface area contributed by atoms with Crippen molar-refractivity contribution >= 4 is 17.9 Å². The highest BCUT2D eigenvalue weighted by Gasteiger charge is 2.41. The fraction of sp³-hybridized carbons (Fsp3) is 0.591. The van der Waals surface area contributed by atoms with E-state index < -0.39 is 17.7 Å². The highest BCUT2D eigenvalue weighted by molar-refractivity contribution is 5.91. The van der Waals surface area contributed by atoms with Crippen molar-refractivity contribution in [3.8, 4) is 0 Å². The second kappa shape index (κ2) is 9.29. The molecule has 0 radical (unpaired) electrons. The molecule has 1 atom stereocenters. The van der Waals surface area contributed by atoms with E-state index >= 15 is 0 Å². The van der Waals surface area contributed by atoms with Crippen molar-refractivity contribution in [3.63, 3.8) is 0 Å². The van der Waals surface area contributed by atoms with Gasteiger partial charge in [0.25, 0.3) is 0 Å². The lowest BCUT2D eigenvalue weighted by molar-refractivity contribution is -0.141. The molecule has 1 aromatic carbocycles. The number of amides is 3. The molecule has 0 saturated heterocycles. The van der Waals surface area contributed by atoms with Gasteiger partial charge in [0, 0.05) is 12.1 Å². The van der Waals surface area contributed by atoms with Gasteiger partial charge in [-0.15, -0.1) is 0 Å². The zero-order valence-corrected chi connectivity index (χ0v) is 18.2. The van der Waals surface area contributed by atoms with Crippen LogP contribution in [0.4, 0.5) is 4.79 Å². The van der Waals surface area contributed by atoms with E-state index in [4.69, 9.17) is 4.74 Å². The first-order valence-corrected chi connectivity index (χ1v) is 10.1. The van der Waals surface area contributed by atoms with Crippen LogP contribution in [-0.2, 0) is 14.3 Å². The molecule has 160 valence electrons. The lowest BCUT2D eigenvalue weighted by Crippen LogP contribution is -2.49. The molecule has 2 N–H and O–H groups in total. The van der Waals surface area contributed by atoms with Gasteiger partial charge in [0.15, 0.2) is 0 Å². The summed E-state index contributed by atoms with van der Waals surface area (Å²) in [5.41, 5.74) is 1.13. The third kappa shape index (κ3) is 7.07. The monoisotopic (exact) mass is 403 g/mol. The van der Waals surface area contributed by atoms with Crippen LogP contribution in [0.15, 0.2) is 24.3 Å². The van der Waals surface area contributed by atoms with Gasteiger partial charge in [0.05, 0.1) is 0 Å². The second-order valence-corrected chi connectivity index (χ2v) is 8.87. The number of ether oxygens (including phenoxy) is 1. The van der Waals surface area contributed by atoms with Gasteiger partial charge in [0.2, 0.25) is 11.8 Å². The van der Waals surface area contributed by atoms with Crippen LogP contribution in [-0.4, -0.2) is 47.0 Å². The van der Waals surface area contributed by atoms with E-state index in [1.54, 1.807) is 25.7 Å². The highest BCUT2D eigenvalue weighted by Crippen LogP contribution is 2.35. The van der Waals surface area contributed by atoms with Crippen molar-refractivity contribution in [2.24, 2.45) is 0 Å². The van der Waals surface area contributed by atoms with Gasteiger partial charge in [-0.05, 0) is 59.9 Å². The minimum atomic E-state index is -0.738. The summed E-state index contributed by atoms with van der Waals surface area (Å²) >= 11 is 0. The minimum Gasteiger partial charge on any atom is -0.444 e. The van der Waals surface area contributed by atoms with Crippen LogP contribution in [0.25, 0.3) is 0 Å². The standard InChI is InChI=1S/C22H33N3O4/c1-14(2)24-20(27)19(16-9-7-8-15(3)12-16)25(17-10-11-17)18(26)13-23-21(28)29-22(4,5)6/h7-9,12,14,17,19H,10-11,13H2,1-6H3,(H,23,28)(H,24,27). The Morgan fingerprint density at radius 3 is 2.38 bits per heavy atom. The Hall–Kier alpha value is -2.57. The van der Waals surface area contributed by atoms with Gasteiger partial charge < -0.3 is 20.3 Å². The number of rotatable bonds is 7. The average Bonchev–Trinajstić information content (AvgIpc) is 3.39. The molecular weight excluding hydrogens is 370 g/mol. The summed E-state index contributed by atoms with van der Waals surface area (Å²) in [5, 5.41) is 5.45. The summed E-state index contributed by atoms with van der Waals surface area (Å²) in [6.07, 6.45) is 1.03. The molecule has 1 unspecified atom stereocenters. The minimum absolute atomic E-state index is 0.00800. The molecule has 7 nitrogen and oxygen atoms in total. The largest absolute Gasteiger partial charge is 0.444 e. The predicted octanol–water partition coefficient (Wildman–Crippen LogP) is 3.08. The van der Waals surface area contributed by atoms with Gasteiger partial charge in [-0.2, -0.15) is 0 Å². The quantitative estimate of drug-likeness (QED) is 0.732. The van der Waals surface area contributed by atoms with Crippen LogP contribution in [0.1, 0.15) is 64.6 Å². The summed E-state index contributed by atoms with van der Waals surface area (Å²) < 4.78 is 5.20. The number of hydrogen-bond acceptors (Lipinski definition) is 4. The Morgan fingerprint density at radius 2 is 1.86 bits per heavy atom. The molecule has 1 saturated carbocycles. The Morgan fingerprint density at radius 1 is 1.21 bits per heavy atom. The van der Waals surface area contributed by atoms with E-state index in [-0.39, 0.29) is 30.4 Å². The van der Waals surface area contributed by atoms with E-state index in [1.807, 2.05) is 45.0 Å². The Balaban J connectivity index is 2.23. The Bertz CT molecular complexity index is 751. The van der Waals surface area contributed by atoms with Crippen LogP contribution < -0.4 is 10.6 Å². The molecule has 1 aliphatic rings. The lowest BCUT2D eigenvalue weighted by Gasteiger charge is -2.32. The maximum absolute atomic E-state index is 13.1. The fourth-order valence-corrected chi connectivity index (χ4v) is 3.11. The normalized spacial score (nSPS) is 14.9. The van der Waals surface area contributed by atoms with Gasteiger partial charge in [-0.1, -0.05) is 29.8 Å². The van der Waals surface area contributed by atoms with Crippen LogP contribution >= 0.6 is 0 Å². The molecule has 0 aromatic heterocycles. The molecule has 0 spiro atoms. The van der Waals surface area contributed by atoms with Crippen molar-refractivity contribution in [1.82, 2.24) is 15.5 Å². The molecule has 2 rings (SSSR count). The zero-order chi connectivity index (χ0) is 21.8. The van der Waals surface area contributed by atoms with Crippen LogP contribution in [0.3, 0.4) is 0 Å². The Kier molecular flexibility index (Phi) is 7.27. The van der Waals surface area contributed by atoms with Crippen LogP contribution in [0.2, 0.25) is 0 Å². The van der Waals surface area contributed by atoms with Gasteiger partial charge >= 0.3 is 6.09 Å². The summed E-state index contributed by atoms with van der Waals surface area (Å²) in [6, 6.07) is 6.83. The van der Waals surface area contributed by atoms with E-state index in [2.05, 4.69) is 10.6 Å². The molecule has 0 aliphatic heterocycles. The van der Waals surface area contributed by atoms with E-state index in [0.717, 1.165) is 24.0 Å². The van der Waals surface area contributed by atoms with Crippen molar-refractivity contribution < 1.29 is 19.1 Å². The predicted molar refractivity (Wildman–Crippen MR) is 111 cm³/mol. The number of carbonyl (C=O) groups is 3. The van der Waals surface area contributed by atoms with E-state index in [0.29, 0.717) is 0 Å². The van der Waals surface area contributed by atoms with E-state index in [9.17, 15) is 14.4 Å². The smallest absolute Gasteiger partial charge is 0.408 e. The average molecular weight is 404 g/mol. The first kappa shape index (κ1) is 22.7. The fourth-order valence-electron chi connectivity index (χ4n) is 3.11. The van der Waals surface area contributed by atoms with Gasteiger partial charge in [-0.3, -0.25) is 9.59 Å². The third-order valence-electron chi connectivity index (χ3n) is 4.33. The third-order valence-corrected chi connectivity index (χ3v) is 4.33. The molecule has 1 aliphatic carbocycles. The van der Waals surface area contributed by atoms with Crippen molar-refractivity contribution in [2.45, 2.75) is 78.1 Å². The van der Waals surface area contributed by atoms with Crippen LogP contribution in [0, 0.1) is 6.92 Å². The van der Waals surface area contributed by atoms with Gasteiger partial charge in [-0.25, -0.2) is 4.79 Å². The highest BCUT2D eigenvalue weighted by atomic mass is 16.6. The SMILES string of the molecule is Cc1cccc(C(C(=O)NC(C)C)N(C(=O)CNC(=O)OC(C)(C)C)C2CC2)c1. The maximum Gasteiger partial charge on any atom is 0.408 e. The topological polar surface area (TPSA) is 87.7 Å². The number of aryl methyl sites for hydroxylation is 1. The van der Waals surface area contributed by atoms with E-state index in [1.165, 1.54) is 0 Å². The number of carbonyl (C=O) groups excluding carboxylic acids is 3. The zero-order valence-electron chi connectivity index (χ0n) is 18.2. The van der Waals surface area contributed by atoms with Crippen LogP contribution in [0.5, 0.6) is 0 Å². The maximum atomic E-state index is 13.1. The number of benzene rings is 1. The van der Waals surface area contributed by atoms with Gasteiger partial charge in [0.1, 0.15) is 18.2 Å². The second-order valence-electron chi connectivity index (χ2n) is 8.87. The Labute approximate surface area is 173 Å². The molecule has 0 bridgehead atoms. The lowest BCUT2D eigenvalue weighted by atomic mass is 10.0. The molecular formula is C22H33N3O4. The first-order valence-electron chi connectivity index (χ1n) is 10.1.